The van der Waals surface area contributed by atoms with Crippen LogP contribution in [0.5, 0.6) is 0 Å². The van der Waals surface area contributed by atoms with E-state index in [2.05, 4.69) is 15.5 Å². The Morgan fingerprint density at radius 3 is 2.48 bits per heavy atom. The quantitative estimate of drug-likeness (QED) is 0.506. The number of rotatable bonds is 6. The van der Waals surface area contributed by atoms with Crippen molar-refractivity contribution in [1.82, 2.24) is 10.2 Å². The molecule has 0 radical (unpaired) electrons. The molecule has 0 spiro atoms. The highest BCUT2D eigenvalue weighted by Crippen LogP contribution is 2.28. The van der Waals surface area contributed by atoms with Gasteiger partial charge in [0.25, 0.3) is 11.1 Å². The van der Waals surface area contributed by atoms with Crippen LogP contribution in [0.2, 0.25) is 0 Å². The molecular formula is C19H16FN3O3S. The van der Waals surface area contributed by atoms with Crippen molar-refractivity contribution >= 4 is 29.1 Å². The molecule has 1 heterocycles. The molecule has 138 valence electrons. The maximum atomic E-state index is 13.8. The zero-order valence-corrected chi connectivity index (χ0v) is 15.4. The van der Waals surface area contributed by atoms with Gasteiger partial charge in [-0.25, -0.2) is 4.39 Å². The monoisotopic (exact) mass is 385 g/mol. The van der Waals surface area contributed by atoms with E-state index >= 15 is 0 Å². The van der Waals surface area contributed by atoms with Crippen LogP contribution in [0.3, 0.4) is 0 Å². The molecule has 0 saturated heterocycles. The highest BCUT2D eigenvalue weighted by molar-refractivity contribution is 8.00. The number of halogens is 1. The van der Waals surface area contributed by atoms with Crippen LogP contribution < -0.4 is 5.32 Å². The molecule has 1 atom stereocenters. The number of nitrogens with one attached hydrogen (secondary N) is 1. The van der Waals surface area contributed by atoms with E-state index in [9.17, 15) is 14.0 Å². The first kappa shape index (κ1) is 18.8. The Labute approximate surface area is 159 Å². The third kappa shape index (κ3) is 4.59. The molecule has 27 heavy (non-hydrogen) atoms. The molecule has 1 amide bonds. The number of aromatic nitrogens is 2. The van der Waals surface area contributed by atoms with Crippen molar-refractivity contribution in [3.63, 3.8) is 0 Å². The number of carbonyl (C=O) groups is 2. The summed E-state index contributed by atoms with van der Waals surface area (Å²) in [6.07, 6.45) is 0. The van der Waals surface area contributed by atoms with Gasteiger partial charge in [-0.15, -0.1) is 10.2 Å². The summed E-state index contributed by atoms with van der Waals surface area (Å²) >= 11 is 1.07. The predicted octanol–water partition coefficient (Wildman–Crippen LogP) is 4.20. The van der Waals surface area contributed by atoms with Gasteiger partial charge in [0, 0.05) is 11.3 Å². The van der Waals surface area contributed by atoms with Crippen molar-refractivity contribution in [2.45, 2.75) is 24.3 Å². The normalized spacial score (nSPS) is 11.8. The second-order valence-electron chi connectivity index (χ2n) is 5.74. The van der Waals surface area contributed by atoms with Crippen LogP contribution in [0.4, 0.5) is 10.1 Å². The highest BCUT2D eigenvalue weighted by atomic mass is 32.2. The third-order valence-corrected chi connectivity index (χ3v) is 4.65. The number of Topliss-reactive ketones (excluding diaryl/α,β-unsaturated/α-hetero) is 1. The maximum absolute atomic E-state index is 13.8. The molecule has 8 heteroatoms. The Morgan fingerprint density at radius 2 is 1.81 bits per heavy atom. The molecular weight excluding hydrogens is 369 g/mol. The maximum Gasteiger partial charge on any atom is 0.277 e. The molecule has 0 aliphatic carbocycles. The number of ketones is 1. The van der Waals surface area contributed by atoms with Crippen molar-refractivity contribution in [3.8, 4) is 11.5 Å². The number of carbonyl (C=O) groups excluding carboxylic acids is 2. The van der Waals surface area contributed by atoms with Crippen molar-refractivity contribution in [3.05, 3.63) is 59.9 Å². The summed E-state index contributed by atoms with van der Waals surface area (Å²) in [4.78, 5) is 23.6. The van der Waals surface area contributed by atoms with E-state index in [1.54, 1.807) is 43.3 Å². The largest absolute Gasteiger partial charge is 0.411 e. The Morgan fingerprint density at radius 1 is 1.11 bits per heavy atom. The lowest BCUT2D eigenvalue weighted by atomic mass is 10.1. The lowest BCUT2D eigenvalue weighted by Crippen LogP contribution is -2.22. The van der Waals surface area contributed by atoms with E-state index < -0.39 is 11.1 Å². The van der Waals surface area contributed by atoms with Crippen LogP contribution >= 0.6 is 11.8 Å². The smallest absolute Gasteiger partial charge is 0.277 e. The molecule has 3 aromatic rings. The molecule has 0 bridgehead atoms. The summed E-state index contributed by atoms with van der Waals surface area (Å²) in [5.74, 6) is -0.708. The Balaban J connectivity index is 1.63. The van der Waals surface area contributed by atoms with Gasteiger partial charge in [-0.2, -0.15) is 0 Å². The van der Waals surface area contributed by atoms with E-state index in [4.69, 9.17) is 4.42 Å². The fourth-order valence-electron chi connectivity index (χ4n) is 2.24. The van der Waals surface area contributed by atoms with Crippen molar-refractivity contribution in [2.24, 2.45) is 0 Å². The molecule has 0 saturated carbocycles. The van der Waals surface area contributed by atoms with Gasteiger partial charge in [-0.1, -0.05) is 23.9 Å². The second kappa shape index (κ2) is 8.13. The molecule has 2 aromatic carbocycles. The zero-order valence-electron chi connectivity index (χ0n) is 14.6. The van der Waals surface area contributed by atoms with E-state index in [0.29, 0.717) is 11.3 Å². The SMILES string of the molecule is CC(=O)c1ccc(NC(=O)[C@@H](C)Sc2nnc(-c3ccccc3F)o2)cc1. The zero-order chi connectivity index (χ0) is 19.4. The van der Waals surface area contributed by atoms with Gasteiger partial charge >= 0.3 is 0 Å². The summed E-state index contributed by atoms with van der Waals surface area (Å²) < 4.78 is 19.2. The summed E-state index contributed by atoms with van der Waals surface area (Å²) in [6.45, 7) is 3.17. The molecule has 0 unspecified atom stereocenters. The van der Waals surface area contributed by atoms with Gasteiger partial charge in [0.1, 0.15) is 5.82 Å². The molecule has 1 aromatic heterocycles. The van der Waals surface area contributed by atoms with E-state index in [1.807, 2.05) is 0 Å². The van der Waals surface area contributed by atoms with Gasteiger partial charge in [0.2, 0.25) is 5.91 Å². The minimum Gasteiger partial charge on any atom is -0.411 e. The molecule has 6 nitrogen and oxygen atoms in total. The number of anilines is 1. The van der Waals surface area contributed by atoms with Gasteiger partial charge in [0.15, 0.2) is 5.78 Å². The number of hydrogen-bond acceptors (Lipinski definition) is 6. The van der Waals surface area contributed by atoms with E-state index in [0.717, 1.165) is 11.8 Å². The van der Waals surface area contributed by atoms with E-state index in [-0.39, 0.29) is 28.4 Å². The van der Waals surface area contributed by atoms with E-state index in [1.165, 1.54) is 19.1 Å². The van der Waals surface area contributed by atoms with Crippen LogP contribution in [-0.4, -0.2) is 27.1 Å². The number of hydrogen-bond donors (Lipinski definition) is 1. The summed E-state index contributed by atoms with van der Waals surface area (Å²) in [7, 11) is 0. The molecule has 0 aliphatic heterocycles. The standard InChI is InChI=1S/C19H16FN3O3S/c1-11(24)13-7-9-14(10-8-13)21-17(25)12(2)27-19-23-22-18(26-19)15-5-3-4-6-16(15)20/h3-10,12H,1-2H3,(H,21,25)/t12-/m1/s1. The van der Waals surface area contributed by atoms with Crippen LogP contribution in [0, 0.1) is 5.82 Å². The van der Waals surface area contributed by atoms with Crippen LogP contribution in [0.25, 0.3) is 11.5 Å². The average molecular weight is 385 g/mol. The second-order valence-corrected chi connectivity index (χ2v) is 7.03. The summed E-state index contributed by atoms with van der Waals surface area (Å²) in [5.41, 5.74) is 1.36. The van der Waals surface area contributed by atoms with Crippen molar-refractivity contribution in [1.29, 1.82) is 0 Å². The Bertz CT molecular complexity index is 972. The van der Waals surface area contributed by atoms with Crippen molar-refractivity contribution < 1.29 is 18.4 Å². The van der Waals surface area contributed by atoms with Crippen LogP contribution in [-0.2, 0) is 4.79 Å². The summed E-state index contributed by atoms with van der Waals surface area (Å²) in [6, 6.07) is 12.7. The lowest BCUT2D eigenvalue weighted by molar-refractivity contribution is -0.115. The minimum absolute atomic E-state index is 0.0427. The number of benzene rings is 2. The topological polar surface area (TPSA) is 85.1 Å². The van der Waals surface area contributed by atoms with Crippen molar-refractivity contribution in [2.75, 3.05) is 5.32 Å². The Kier molecular flexibility index (Phi) is 5.66. The molecule has 0 fully saturated rings. The number of amides is 1. The van der Waals surface area contributed by atoms with Gasteiger partial charge < -0.3 is 9.73 Å². The minimum atomic E-state index is -0.522. The fraction of sp³-hybridized carbons (Fsp3) is 0.158. The molecule has 0 aliphatic rings. The first-order valence-corrected chi connectivity index (χ1v) is 8.99. The van der Waals surface area contributed by atoms with Crippen LogP contribution in [0.15, 0.2) is 58.2 Å². The van der Waals surface area contributed by atoms with Gasteiger partial charge in [-0.3, -0.25) is 9.59 Å². The third-order valence-electron chi connectivity index (χ3n) is 3.72. The fourth-order valence-corrected chi connectivity index (χ4v) is 2.92. The Hall–Kier alpha value is -3.00. The number of thioether (sulfide) groups is 1. The van der Waals surface area contributed by atoms with Gasteiger partial charge in [0.05, 0.1) is 10.8 Å². The first-order chi connectivity index (χ1) is 12.9. The molecule has 1 N–H and O–H groups in total. The highest BCUT2D eigenvalue weighted by Gasteiger charge is 2.20. The number of nitrogens with zero attached hydrogens (tertiary/aromatic N) is 2. The predicted molar refractivity (Wildman–Crippen MR) is 100 cm³/mol. The summed E-state index contributed by atoms with van der Waals surface area (Å²) in [5, 5.41) is 10.1. The lowest BCUT2D eigenvalue weighted by Gasteiger charge is -2.10. The van der Waals surface area contributed by atoms with Gasteiger partial charge in [-0.05, 0) is 50.2 Å². The average Bonchev–Trinajstić information content (AvgIpc) is 3.10. The van der Waals surface area contributed by atoms with Crippen LogP contribution in [0.1, 0.15) is 24.2 Å². The first-order valence-electron chi connectivity index (χ1n) is 8.11. The molecule has 3 rings (SSSR count).